The molecule has 1 aliphatic heterocycles. The van der Waals surface area contributed by atoms with Crippen LogP contribution in [-0.4, -0.2) is 41.9 Å². The molecule has 1 unspecified atom stereocenters. The van der Waals surface area contributed by atoms with Gasteiger partial charge in [-0.05, 0) is 6.92 Å². The number of ether oxygens (including phenoxy) is 1. The van der Waals surface area contributed by atoms with Crippen molar-refractivity contribution in [1.82, 2.24) is 4.90 Å². The molecule has 1 fully saturated rings. The van der Waals surface area contributed by atoms with E-state index in [0.29, 0.717) is 18.8 Å². The van der Waals surface area contributed by atoms with Gasteiger partial charge in [0.2, 0.25) is 0 Å². The van der Waals surface area contributed by atoms with E-state index >= 15 is 0 Å². The van der Waals surface area contributed by atoms with Crippen molar-refractivity contribution in [2.24, 2.45) is 0 Å². The molecule has 1 aromatic carbocycles. The van der Waals surface area contributed by atoms with E-state index < -0.39 is 4.87 Å². The Morgan fingerprint density at radius 1 is 1.29 bits per heavy atom. The number of hydrogen-bond donors (Lipinski definition) is 1. The van der Waals surface area contributed by atoms with Gasteiger partial charge in [0.05, 0.1) is 13.2 Å². The van der Waals surface area contributed by atoms with E-state index in [-0.39, 0.29) is 5.78 Å². The minimum Gasteiger partial charge on any atom is -0.379 e. The number of ketones is 1. The summed E-state index contributed by atoms with van der Waals surface area (Å²) in [6.45, 7) is 4.68. The van der Waals surface area contributed by atoms with E-state index in [4.69, 9.17) is 4.74 Å². The summed E-state index contributed by atoms with van der Waals surface area (Å²) in [7, 11) is 0. The van der Waals surface area contributed by atoms with E-state index in [1.165, 1.54) is 0 Å². The Balaban J connectivity index is 2.17. The Morgan fingerprint density at radius 2 is 1.88 bits per heavy atom. The van der Waals surface area contributed by atoms with Crippen LogP contribution in [0.15, 0.2) is 30.3 Å². The molecular formula is C13H17NO2S. The largest absolute Gasteiger partial charge is 0.379 e. The predicted molar refractivity (Wildman–Crippen MR) is 70.6 cm³/mol. The van der Waals surface area contributed by atoms with Crippen LogP contribution in [0.5, 0.6) is 0 Å². The van der Waals surface area contributed by atoms with Gasteiger partial charge >= 0.3 is 0 Å². The third-order valence-electron chi connectivity index (χ3n) is 3.09. The van der Waals surface area contributed by atoms with Gasteiger partial charge in [-0.3, -0.25) is 9.69 Å². The van der Waals surface area contributed by atoms with Gasteiger partial charge in [0, 0.05) is 18.7 Å². The minimum absolute atomic E-state index is 0.0448. The SMILES string of the molecule is CC(S)(C(=O)c1ccccc1)N1CCOCC1. The van der Waals surface area contributed by atoms with Crippen LogP contribution in [0.25, 0.3) is 0 Å². The lowest BCUT2D eigenvalue weighted by molar-refractivity contribution is 0.0139. The highest BCUT2D eigenvalue weighted by atomic mass is 32.1. The number of thiol groups is 1. The Kier molecular flexibility index (Phi) is 3.86. The molecule has 0 aliphatic carbocycles. The second-order valence-corrected chi connectivity index (χ2v) is 5.19. The lowest BCUT2D eigenvalue weighted by Crippen LogP contribution is -2.52. The van der Waals surface area contributed by atoms with Gasteiger partial charge in [0.1, 0.15) is 4.87 Å². The first-order chi connectivity index (χ1) is 8.12. The fourth-order valence-corrected chi connectivity index (χ4v) is 2.33. The molecule has 0 saturated carbocycles. The fourth-order valence-electron chi connectivity index (χ4n) is 2.01. The van der Waals surface area contributed by atoms with Crippen molar-refractivity contribution in [3.63, 3.8) is 0 Å². The summed E-state index contributed by atoms with van der Waals surface area (Å²) in [5, 5.41) is 0. The molecule has 17 heavy (non-hydrogen) atoms. The Labute approximate surface area is 107 Å². The van der Waals surface area contributed by atoms with Gasteiger partial charge < -0.3 is 4.74 Å². The first-order valence-electron chi connectivity index (χ1n) is 5.77. The summed E-state index contributed by atoms with van der Waals surface area (Å²) in [6, 6.07) is 9.31. The van der Waals surface area contributed by atoms with Crippen molar-refractivity contribution in [1.29, 1.82) is 0 Å². The topological polar surface area (TPSA) is 29.5 Å². The third kappa shape index (κ3) is 2.70. The maximum Gasteiger partial charge on any atom is 0.192 e. The van der Waals surface area contributed by atoms with Crippen LogP contribution in [0.4, 0.5) is 0 Å². The average molecular weight is 251 g/mol. The maximum atomic E-state index is 12.4. The molecule has 0 N–H and O–H groups in total. The predicted octanol–water partition coefficient (Wildman–Crippen LogP) is 1.85. The molecule has 1 aromatic rings. The van der Waals surface area contributed by atoms with Gasteiger partial charge in [-0.1, -0.05) is 30.3 Å². The fraction of sp³-hybridized carbons (Fsp3) is 0.462. The van der Waals surface area contributed by atoms with Gasteiger partial charge in [0.15, 0.2) is 5.78 Å². The van der Waals surface area contributed by atoms with Crippen molar-refractivity contribution in [2.75, 3.05) is 26.3 Å². The van der Waals surface area contributed by atoms with E-state index in [0.717, 1.165) is 13.1 Å². The quantitative estimate of drug-likeness (QED) is 0.657. The summed E-state index contributed by atoms with van der Waals surface area (Å²) in [5.41, 5.74) is 0.705. The standard InChI is InChI=1S/C13H17NO2S/c1-13(17,14-7-9-16-10-8-14)12(15)11-5-3-2-4-6-11/h2-6,17H,7-10H2,1H3. The zero-order valence-electron chi connectivity index (χ0n) is 9.93. The van der Waals surface area contributed by atoms with Crippen molar-refractivity contribution >= 4 is 18.4 Å². The van der Waals surface area contributed by atoms with E-state index in [9.17, 15) is 4.79 Å². The molecule has 0 aromatic heterocycles. The molecule has 0 spiro atoms. The highest BCUT2D eigenvalue weighted by molar-refractivity contribution is 7.82. The van der Waals surface area contributed by atoms with E-state index in [1.54, 1.807) is 0 Å². The molecule has 0 bridgehead atoms. The number of Topliss-reactive ketones (excluding diaryl/α,β-unsaturated/α-hetero) is 1. The molecule has 0 radical (unpaired) electrons. The molecule has 0 amide bonds. The first kappa shape index (κ1) is 12.6. The Hall–Kier alpha value is -0.840. The number of rotatable bonds is 3. The maximum absolute atomic E-state index is 12.4. The van der Waals surface area contributed by atoms with Crippen LogP contribution in [0.2, 0.25) is 0 Å². The van der Waals surface area contributed by atoms with Crippen LogP contribution < -0.4 is 0 Å². The molecular weight excluding hydrogens is 234 g/mol. The lowest BCUT2D eigenvalue weighted by atomic mass is 10.0. The van der Waals surface area contributed by atoms with Crippen LogP contribution in [-0.2, 0) is 4.74 Å². The summed E-state index contributed by atoms with van der Waals surface area (Å²) < 4.78 is 5.29. The van der Waals surface area contributed by atoms with Gasteiger partial charge in [-0.15, -0.1) is 12.6 Å². The molecule has 1 heterocycles. The van der Waals surface area contributed by atoms with Crippen molar-refractivity contribution < 1.29 is 9.53 Å². The highest BCUT2D eigenvalue weighted by Crippen LogP contribution is 2.25. The first-order valence-corrected chi connectivity index (χ1v) is 6.22. The Bertz CT molecular complexity index is 386. The lowest BCUT2D eigenvalue weighted by Gasteiger charge is -2.38. The number of benzene rings is 1. The van der Waals surface area contributed by atoms with Crippen LogP contribution in [0, 0.1) is 0 Å². The molecule has 4 heteroatoms. The molecule has 3 nitrogen and oxygen atoms in total. The number of morpholine rings is 1. The monoisotopic (exact) mass is 251 g/mol. The smallest absolute Gasteiger partial charge is 0.192 e. The van der Waals surface area contributed by atoms with Crippen molar-refractivity contribution in [2.45, 2.75) is 11.8 Å². The van der Waals surface area contributed by atoms with Crippen molar-refractivity contribution in [3.8, 4) is 0 Å². The summed E-state index contributed by atoms with van der Waals surface area (Å²) in [4.78, 5) is 13.7. The minimum atomic E-state index is -0.759. The van der Waals surface area contributed by atoms with E-state index in [2.05, 4.69) is 17.5 Å². The van der Waals surface area contributed by atoms with Gasteiger partial charge in [0.25, 0.3) is 0 Å². The number of carbonyl (C=O) groups is 1. The third-order valence-corrected chi connectivity index (χ3v) is 3.58. The highest BCUT2D eigenvalue weighted by Gasteiger charge is 2.36. The summed E-state index contributed by atoms with van der Waals surface area (Å²) in [6.07, 6.45) is 0. The normalized spacial score (nSPS) is 20.8. The number of nitrogens with zero attached hydrogens (tertiary/aromatic N) is 1. The molecule has 92 valence electrons. The number of hydrogen-bond acceptors (Lipinski definition) is 4. The van der Waals surface area contributed by atoms with Crippen molar-refractivity contribution in [3.05, 3.63) is 35.9 Å². The second kappa shape index (κ2) is 5.21. The Morgan fingerprint density at radius 3 is 2.47 bits per heavy atom. The number of carbonyl (C=O) groups excluding carboxylic acids is 1. The molecule has 1 aliphatic rings. The molecule has 1 atom stereocenters. The molecule has 1 saturated heterocycles. The van der Waals surface area contributed by atoms with Crippen LogP contribution in [0.3, 0.4) is 0 Å². The van der Waals surface area contributed by atoms with Gasteiger partial charge in [-0.2, -0.15) is 0 Å². The van der Waals surface area contributed by atoms with E-state index in [1.807, 2.05) is 37.3 Å². The average Bonchev–Trinajstić information content (AvgIpc) is 2.40. The second-order valence-electron chi connectivity index (χ2n) is 4.32. The zero-order valence-corrected chi connectivity index (χ0v) is 10.8. The van der Waals surface area contributed by atoms with Gasteiger partial charge in [-0.25, -0.2) is 0 Å². The van der Waals surface area contributed by atoms with Crippen LogP contribution >= 0.6 is 12.6 Å². The zero-order chi connectivity index (χ0) is 12.3. The van der Waals surface area contributed by atoms with Crippen LogP contribution in [0.1, 0.15) is 17.3 Å². The summed E-state index contributed by atoms with van der Waals surface area (Å²) >= 11 is 4.56. The summed E-state index contributed by atoms with van der Waals surface area (Å²) in [5.74, 6) is 0.0448. The molecule has 2 rings (SSSR count).